The van der Waals surface area contributed by atoms with Crippen LogP contribution in [0.2, 0.25) is 0 Å². The minimum Gasteiger partial charge on any atom is -0.497 e. The number of thioether (sulfide) groups is 1. The van der Waals surface area contributed by atoms with Gasteiger partial charge in [-0.2, -0.15) is 4.57 Å². The van der Waals surface area contributed by atoms with Crippen molar-refractivity contribution in [1.29, 1.82) is 0 Å². The molecule has 0 spiro atoms. The Balaban J connectivity index is 1.63. The van der Waals surface area contributed by atoms with Crippen molar-refractivity contribution >= 4 is 45.1 Å². The molecule has 6 heteroatoms. The molecule has 0 aliphatic carbocycles. The summed E-state index contributed by atoms with van der Waals surface area (Å²) in [5, 5.41) is 2.47. The summed E-state index contributed by atoms with van der Waals surface area (Å²) in [6, 6.07) is 12.5. The Morgan fingerprint density at radius 1 is 1.03 bits per heavy atom. The Hall–Kier alpha value is -2.44. The Morgan fingerprint density at radius 2 is 1.79 bits per heavy atom. The fourth-order valence-electron chi connectivity index (χ4n) is 3.53. The molecule has 0 atom stereocenters. The molecule has 1 aliphatic rings. The van der Waals surface area contributed by atoms with Crippen LogP contribution in [-0.4, -0.2) is 20.8 Å². The maximum Gasteiger partial charge on any atom is 0.262 e. The number of benzene rings is 2. The van der Waals surface area contributed by atoms with Gasteiger partial charge in [0.1, 0.15) is 22.7 Å². The molecule has 0 bridgehead atoms. The smallest absolute Gasteiger partial charge is 0.262 e. The summed E-state index contributed by atoms with van der Waals surface area (Å²) >= 11 is 3.61. The molecule has 0 unspecified atom stereocenters. The number of thiazole rings is 1. The monoisotopic (exact) mass is 425 g/mol. The molecule has 0 saturated carbocycles. The molecule has 4 rings (SSSR count). The van der Waals surface area contributed by atoms with Crippen LogP contribution in [0.25, 0.3) is 16.3 Å². The molecule has 29 heavy (non-hydrogen) atoms. The largest absolute Gasteiger partial charge is 0.497 e. The Morgan fingerprint density at radius 3 is 2.52 bits per heavy atom. The van der Waals surface area contributed by atoms with Crippen LogP contribution in [0.3, 0.4) is 0 Å². The van der Waals surface area contributed by atoms with Gasteiger partial charge in [-0.15, -0.1) is 0 Å². The standard InChI is InChI=1S/C23H25N2O2S2/c1-5-24-18-14-16(26-3)10-12-20(18)28-22(24)8-7-9-23-25(6-2)19-15-17(27-4)11-13-21(19)29-23/h7-15H,5-6H2,1-4H3/q+1. The lowest BCUT2D eigenvalue weighted by Crippen LogP contribution is -2.33. The fourth-order valence-corrected chi connectivity index (χ4v) is 5.77. The molecule has 4 nitrogen and oxygen atoms in total. The maximum absolute atomic E-state index is 5.40. The van der Waals surface area contributed by atoms with Crippen molar-refractivity contribution in [3.05, 3.63) is 58.6 Å². The zero-order valence-electron chi connectivity index (χ0n) is 17.1. The fraction of sp³-hybridized carbons (Fsp3) is 0.261. The van der Waals surface area contributed by atoms with Crippen molar-refractivity contribution in [2.45, 2.75) is 25.3 Å². The van der Waals surface area contributed by atoms with E-state index in [2.05, 4.69) is 65.8 Å². The summed E-state index contributed by atoms with van der Waals surface area (Å²) in [5.74, 6) is 1.79. The number of hydrogen-bond donors (Lipinski definition) is 0. The third-order valence-corrected chi connectivity index (χ3v) is 7.25. The number of nitrogens with zero attached hydrogens (tertiary/aromatic N) is 2. The number of fused-ring (bicyclic) bond motifs is 2. The van der Waals surface area contributed by atoms with Crippen LogP contribution in [0.15, 0.2) is 58.5 Å². The summed E-state index contributed by atoms with van der Waals surface area (Å²) in [5.41, 5.74) is 2.43. The number of hydrogen-bond acceptors (Lipinski definition) is 5. The van der Waals surface area contributed by atoms with Gasteiger partial charge in [-0.3, -0.25) is 0 Å². The molecular weight excluding hydrogens is 400 g/mol. The average molecular weight is 426 g/mol. The first kappa shape index (κ1) is 19.9. The summed E-state index contributed by atoms with van der Waals surface area (Å²) in [6.07, 6.45) is 6.55. The van der Waals surface area contributed by atoms with E-state index in [0.717, 1.165) is 24.6 Å². The van der Waals surface area contributed by atoms with E-state index in [9.17, 15) is 0 Å². The van der Waals surface area contributed by atoms with Gasteiger partial charge in [-0.25, -0.2) is 0 Å². The Kier molecular flexibility index (Phi) is 5.83. The predicted octanol–water partition coefficient (Wildman–Crippen LogP) is 5.71. The molecular formula is C23H25N2O2S2+. The summed E-state index contributed by atoms with van der Waals surface area (Å²) < 4.78 is 14.4. The number of rotatable bonds is 6. The molecule has 150 valence electrons. The highest BCUT2D eigenvalue weighted by Crippen LogP contribution is 2.47. The summed E-state index contributed by atoms with van der Waals surface area (Å²) in [4.78, 5) is 3.60. The second-order valence-corrected chi connectivity index (χ2v) is 8.69. The molecule has 3 aromatic rings. The topological polar surface area (TPSA) is 25.6 Å². The quantitative estimate of drug-likeness (QED) is 0.472. The van der Waals surface area contributed by atoms with Crippen LogP contribution in [0, 0.1) is 0 Å². The lowest BCUT2D eigenvalue weighted by molar-refractivity contribution is -0.665. The van der Waals surface area contributed by atoms with Crippen molar-refractivity contribution in [2.24, 2.45) is 0 Å². The van der Waals surface area contributed by atoms with Gasteiger partial charge in [-0.1, -0.05) is 29.2 Å². The molecule has 0 N–H and O–H groups in total. The maximum atomic E-state index is 5.40. The zero-order valence-corrected chi connectivity index (χ0v) is 18.8. The molecule has 0 radical (unpaired) electrons. The van der Waals surface area contributed by atoms with Crippen molar-refractivity contribution in [3.8, 4) is 11.5 Å². The number of anilines is 1. The zero-order chi connectivity index (χ0) is 20.4. The van der Waals surface area contributed by atoms with Gasteiger partial charge in [0.05, 0.1) is 31.0 Å². The summed E-state index contributed by atoms with van der Waals surface area (Å²) in [6.45, 7) is 6.20. The lowest BCUT2D eigenvalue weighted by Gasteiger charge is -2.18. The van der Waals surface area contributed by atoms with Gasteiger partial charge in [0.25, 0.3) is 5.01 Å². The third kappa shape index (κ3) is 3.74. The highest BCUT2D eigenvalue weighted by Gasteiger charge is 2.24. The molecule has 1 aliphatic heterocycles. The van der Waals surface area contributed by atoms with Crippen LogP contribution in [0.1, 0.15) is 18.9 Å². The van der Waals surface area contributed by atoms with E-state index in [-0.39, 0.29) is 0 Å². The minimum atomic E-state index is 0.893. The molecule has 1 aromatic heterocycles. The van der Waals surface area contributed by atoms with E-state index in [0.29, 0.717) is 0 Å². The van der Waals surface area contributed by atoms with Crippen molar-refractivity contribution in [2.75, 3.05) is 25.7 Å². The van der Waals surface area contributed by atoms with Crippen molar-refractivity contribution in [1.82, 2.24) is 0 Å². The molecule has 2 aromatic carbocycles. The first-order valence-corrected chi connectivity index (χ1v) is 11.3. The second-order valence-electron chi connectivity index (χ2n) is 6.56. The van der Waals surface area contributed by atoms with Gasteiger partial charge in [0.2, 0.25) is 5.52 Å². The van der Waals surface area contributed by atoms with Gasteiger partial charge in [0.15, 0.2) is 0 Å². The highest BCUT2D eigenvalue weighted by molar-refractivity contribution is 8.03. The van der Waals surface area contributed by atoms with Gasteiger partial charge < -0.3 is 14.4 Å². The van der Waals surface area contributed by atoms with Crippen molar-refractivity contribution < 1.29 is 14.0 Å². The number of ether oxygens (including phenoxy) is 2. The van der Waals surface area contributed by atoms with Gasteiger partial charge >= 0.3 is 0 Å². The van der Waals surface area contributed by atoms with E-state index >= 15 is 0 Å². The van der Waals surface area contributed by atoms with Crippen LogP contribution in [0.4, 0.5) is 5.69 Å². The van der Waals surface area contributed by atoms with E-state index < -0.39 is 0 Å². The van der Waals surface area contributed by atoms with Crippen LogP contribution < -0.4 is 18.9 Å². The molecule has 0 fully saturated rings. The minimum absolute atomic E-state index is 0.893. The first-order valence-electron chi connectivity index (χ1n) is 9.70. The Labute approximate surface area is 180 Å². The molecule has 0 saturated heterocycles. The van der Waals surface area contributed by atoms with Gasteiger partial charge in [0, 0.05) is 23.6 Å². The molecule has 2 heterocycles. The van der Waals surface area contributed by atoms with Crippen LogP contribution in [0.5, 0.6) is 11.5 Å². The van der Waals surface area contributed by atoms with Crippen LogP contribution >= 0.6 is 23.1 Å². The van der Waals surface area contributed by atoms with Gasteiger partial charge in [-0.05, 0) is 44.2 Å². The van der Waals surface area contributed by atoms with E-state index in [4.69, 9.17) is 9.47 Å². The first-order chi connectivity index (χ1) is 14.2. The number of methoxy groups -OCH3 is 2. The van der Waals surface area contributed by atoms with E-state index in [1.807, 2.05) is 12.1 Å². The average Bonchev–Trinajstić information content (AvgIpc) is 3.29. The number of aromatic nitrogens is 1. The number of allylic oxidation sites excluding steroid dienone is 2. The Bertz CT molecular complexity index is 1100. The SMILES string of the molecule is CCN1C(=CC=Cc2sc3ccc(OC)cc3[n+]2CC)Sc2ccc(OC)cc21. The lowest BCUT2D eigenvalue weighted by atomic mass is 10.2. The normalized spacial score (nSPS) is 14.9. The predicted molar refractivity (Wildman–Crippen MR) is 123 cm³/mol. The number of aryl methyl sites for hydroxylation is 1. The second kappa shape index (κ2) is 8.51. The molecule has 0 amide bonds. The highest BCUT2D eigenvalue weighted by atomic mass is 32.2. The van der Waals surface area contributed by atoms with E-state index in [1.54, 1.807) is 37.3 Å². The summed E-state index contributed by atoms with van der Waals surface area (Å²) in [7, 11) is 3.42. The van der Waals surface area contributed by atoms with E-state index in [1.165, 1.54) is 30.8 Å². The van der Waals surface area contributed by atoms with Crippen LogP contribution in [-0.2, 0) is 6.54 Å². The third-order valence-electron chi connectivity index (χ3n) is 4.98. The van der Waals surface area contributed by atoms with Crippen molar-refractivity contribution in [3.63, 3.8) is 0 Å².